The summed E-state index contributed by atoms with van der Waals surface area (Å²) in [5.41, 5.74) is 3.44. The van der Waals surface area contributed by atoms with E-state index < -0.39 is 0 Å². The maximum Gasteiger partial charge on any atom is 0.306 e. The zero-order chi connectivity index (χ0) is 26.8. The number of anilines is 3. The Morgan fingerprint density at radius 1 is 0.919 bits per heavy atom. The molecule has 7 nitrogen and oxygen atoms in total. The molecule has 2 N–H and O–H groups in total. The molecular weight excluding hydrogens is 513 g/mol. The summed E-state index contributed by atoms with van der Waals surface area (Å²) in [4.78, 5) is 41.3. The van der Waals surface area contributed by atoms with Gasteiger partial charge in [-0.2, -0.15) is 0 Å². The number of nitrogens with one attached hydrogen (secondary N) is 2. The van der Waals surface area contributed by atoms with E-state index in [1.165, 1.54) is 6.20 Å². The summed E-state index contributed by atoms with van der Waals surface area (Å²) in [7, 11) is 0. The maximum absolute atomic E-state index is 13.2. The smallest absolute Gasteiger partial charge is 0.306 e. The molecule has 0 spiro atoms. The van der Waals surface area contributed by atoms with Crippen LogP contribution in [0.5, 0.6) is 0 Å². The molecule has 3 aromatic rings. The number of carbonyl (C=O) groups excluding carboxylic acids is 3. The van der Waals surface area contributed by atoms with Crippen molar-refractivity contribution in [1.82, 2.24) is 4.98 Å². The quantitative estimate of drug-likeness (QED) is 0.245. The van der Waals surface area contributed by atoms with Crippen molar-refractivity contribution in [2.75, 3.05) is 17.2 Å². The summed E-state index contributed by atoms with van der Waals surface area (Å²) in [5.74, 6) is -0.547. The van der Waals surface area contributed by atoms with Gasteiger partial charge in [-0.05, 0) is 61.7 Å². The summed E-state index contributed by atoms with van der Waals surface area (Å²) in [6.45, 7) is 4.08. The minimum Gasteiger partial charge on any atom is -0.466 e. The standard InChI is InChI=1S/C28H29Cl2N3O4/c1-3-5-24(34)15-22-16-26(32-23-13-19(29)12-20(30)14-23)25(17-31-22)28(36)33-21-9-6-18(7-10-21)8-11-27(35)37-4-2/h6-7,9-10,12-14,16-17H,3-5,8,11,15H2,1-2H3,(H,31,32)(H,33,36). The molecule has 0 aliphatic carbocycles. The van der Waals surface area contributed by atoms with Crippen molar-refractivity contribution in [1.29, 1.82) is 0 Å². The second kappa shape index (κ2) is 13.8. The number of rotatable bonds is 12. The Morgan fingerprint density at radius 3 is 2.27 bits per heavy atom. The normalized spacial score (nSPS) is 10.6. The molecule has 0 saturated heterocycles. The SMILES string of the molecule is CCCC(=O)Cc1cc(Nc2cc(Cl)cc(Cl)c2)c(C(=O)Nc2ccc(CCC(=O)OCC)cc2)cn1. The van der Waals surface area contributed by atoms with Crippen LogP contribution in [0, 0.1) is 0 Å². The van der Waals surface area contributed by atoms with Crippen LogP contribution in [-0.4, -0.2) is 29.3 Å². The van der Waals surface area contributed by atoms with Crippen LogP contribution in [0.25, 0.3) is 0 Å². The lowest BCUT2D eigenvalue weighted by atomic mass is 10.1. The van der Waals surface area contributed by atoms with Gasteiger partial charge in [-0.3, -0.25) is 19.4 Å². The first-order chi connectivity index (χ1) is 17.8. The number of benzene rings is 2. The van der Waals surface area contributed by atoms with Crippen molar-refractivity contribution in [2.45, 2.75) is 46.0 Å². The Kier molecular flexibility index (Phi) is 10.5. The molecule has 194 valence electrons. The fraction of sp³-hybridized carbons (Fsp3) is 0.286. The zero-order valence-electron chi connectivity index (χ0n) is 20.8. The highest BCUT2D eigenvalue weighted by atomic mass is 35.5. The van der Waals surface area contributed by atoms with Crippen LogP contribution in [-0.2, 0) is 27.2 Å². The number of ether oxygens (including phenoxy) is 1. The number of aryl methyl sites for hydroxylation is 1. The minimum atomic E-state index is -0.381. The van der Waals surface area contributed by atoms with Crippen LogP contribution in [0.1, 0.15) is 54.7 Å². The van der Waals surface area contributed by atoms with Crippen molar-refractivity contribution in [3.8, 4) is 0 Å². The van der Waals surface area contributed by atoms with Crippen molar-refractivity contribution >= 4 is 57.9 Å². The molecule has 0 radical (unpaired) electrons. The van der Waals surface area contributed by atoms with Gasteiger partial charge in [0.25, 0.3) is 5.91 Å². The molecule has 2 aromatic carbocycles. The highest BCUT2D eigenvalue weighted by molar-refractivity contribution is 6.35. The molecule has 1 heterocycles. The number of ketones is 1. The summed E-state index contributed by atoms with van der Waals surface area (Å²) in [6.07, 6.45) is 3.69. The maximum atomic E-state index is 13.2. The Labute approximate surface area is 226 Å². The molecular formula is C28H29Cl2N3O4. The average Bonchev–Trinajstić information content (AvgIpc) is 2.83. The van der Waals surface area contributed by atoms with Gasteiger partial charge in [-0.1, -0.05) is 42.3 Å². The molecule has 37 heavy (non-hydrogen) atoms. The van der Waals surface area contributed by atoms with Gasteiger partial charge in [0.05, 0.1) is 17.9 Å². The summed E-state index contributed by atoms with van der Waals surface area (Å²) < 4.78 is 4.96. The van der Waals surface area contributed by atoms with E-state index in [4.69, 9.17) is 27.9 Å². The first-order valence-electron chi connectivity index (χ1n) is 12.1. The molecule has 9 heteroatoms. The fourth-order valence-corrected chi connectivity index (χ4v) is 4.19. The largest absolute Gasteiger partial charge is 0.466 e. The predicted octanol–water partition coefficient (Wildman–Crippen LogP) is 6.79. The molecule has 0 fully saturated rings. The van der Waals surface area contributed by atoms with Crippen molar-refractivity contribution < 1.29 is 19.1 Å². The highest BCUT2D eigenvalue weighted by Crippen LogP contribution is 2.28. The Bertz CT molecular complexity index is 1240. The molecule has 0 unspecified atom stereocenters. The van der Waals surface area contributed by atoms with Crippen LogP contribution in [0.15, 0.2) is 54.7 Å². The lowest BCUT2D eigenvalue weighted by Crippen LogP contribution is -2.15. The lowest BCUT2D eigenvalue weighted by molar-refractivity contribution is -0.143. The summed E-state index contributed by atoms with van der Waals surface area (Å²) in [5, 5.41) is 6.94. The van der Waals surface area contributed by atoms with E-state index in [1.54, 1.807) is 43.3 Å². The van der Waals surface area contributed by atoms with Crippen LogP contribution in [0.4, 0.5) is 17.1 Å². The number of hydrogen-bond acceptors (Lipinski definition) is 6. The van der Waals surface area contributed by atoms with Gasteiger partial charge in [0.1, 0.15) is 5.78 Å². The van der Waals surface area contributed by atoms with E-state index in [0.29, 0.717) is 58.7 Å². The predicted molar refractivity (Wildman–Crippen MR) is 147 cm³/mol. The molecule has 0 saturated carbocycles. The van der Waals surface area contributed by atoms with Gasteiger partial charge in [0, 0.05) is 52.6 Å². The third-order valence-electron chi connectivity index (χ3n) is 5.39. The number of halogens is 2. The van der Waals surface area contributed by atoms with E-state index in [-0.39, 0.29) is 29.6 Å². The molecule has 3 rings (SSSR count). The third kappa shape index (κ3) is 8.88. The second-order valence-electron chi connectivity index (χ2n) is 8.43. The lowest BCUT2D eigenvalue weighted by Gasteiger charge is -2.14. The number of pyridine rings is 1. The van der Waals surface area contributed by atoms with Gasteiger partial charge in [0.15, 0.2) is 0 Å². The van der Waals surface area contributed by atoms with Crippen LogP contribution in [0.2, 0.25) is 10.0 Å². The molecule has 0 aliphatic heterocycles. The number of carbonyl (C=O) groups is 3. The van der Waals surface area contributed by atoms with E-state index in [2.05, 4.69) is 15.6 Å². The number of esters is 1. The van der Waals surface area contributed by atoms with Gasteiger partial charge in [0.2, 0.25) is 0 Å². The van der Waals surface area contributed by atoms with Crippen molar-refractivity contribution in [3.63, 3.8) is 0 Å². The Balaban J connectivity index is 1.79. The van der Waals surface area contributed by atoms with Gasteiger partial charge in [-0.15, -0.1) is 0 Å². The minimum absolute atomic E-state index is 0.0759. The molecule has 0 aliphatic rings. The molecule has 1 aromatic heterocycles. The Morgan fingerprint density at radius 2 is 1.62 bits per heavy atom. The van der Waals surface area contributed by atoms with Gasteiger partial charge >= 0.3 is 5.97 Å². The monoisotopic (exact) mass is 541 g/mol. The first-order valence-corrected chi connectivity index (χ1v) is 12.8. The van der Waals surface area contributed by atoms with Gasteiger partial charge in [-0.25, -0.2) is 0 Å². The summed E-state index contributed by atoms with van der Waals surface area (Å²) >= 11 is 12.3. The van der Waals surface area contributed by atoms with Crippen molar-refractivity contribution in [2.24, 2.45) is 0 Å². The van der Waals surface area contributed by atoms with E-state index >= 15 is 0 Å². The van der Waals surface area contributed by atoms with Crippen LogP contribution < -0.4 is 10.6 Å². The summed E-state index contributed by atoms with van der Waals surface area (Å²) in [6, 6.07) is 13.9. The van der Waals surface area contributed by atoms with Crippen LogP contribution in [0.3, 0.4) is 0 Å². The number of aromatic nitrogens is 1. The first kappa shape index (κ1) is 28.2. The van der Waals surface area contributed by atoms with E-state index in [1.807, 2.05) is 19.1 Å². The number of hydrogen-bond donors (Lipinski definition) is 2. The van der Waals surface area contributed by atoms with E-state index in [9.17, 15) is 14.4 Å². The van der Waals surface area contributed by atoms with Crippen molar-refractivity contribution in [3.05, 3.63) is 81.6 Å². The number of Topliss-reactive ketones (excluding diaryl/α,β-unsaturated/α-hetero) is 1. The zero-order valence-corrected chi connectivity index (χ0v) is 22.3. The fourth-order valence-electron chi connectivity index (χ4n) is 3.66. The topological polar surface area (TPSA) is 97.4 Å². The highest BCUT2D eigenvalue weighted by Gasteiger charge is 2.16. The third-order valence-corrected chi connectivity index (χ3v) is 5.83. The Hall–Kier alpha value is -3.42. The molecule has 0 bridgehead atoms. The van der Waals surface area contributed by atoms with Gasteiger partial charge < -0.3 is 15.4 Å². The molecule has 1 amide bonds. The molecule has 0 atom stereocenters. The average molecular weight is 542 g/mol. The number of nitrogens with zero attached hydrogens (tertiary/aromatic N) is 1. The van der Waals surface area contributed by atoms with Crippen LogP contribution >= 0.6 is 23.2 Å². The second-order valence-corrected chi connectivity index (χ2v) is 9.30. The number of amides is 1. The van der Waals surface area contributed by atoms with E-state index in [0.717, 1.165) is 12.0 Å².